The molecule has 0 amide bonds. The van der Waals surface area contributed by atoms with Gasteiger partial charge in [0.15, 0.2) is 12.4 Å². The van der Waals surface area contributed by atoms with Crippen LogP contribution in [-0.4, -0.2) is 29.1 Å². The molecule has 4 nitrogen and oxygen atoms in total. The van der Waals surface area contributed by atoms with E-state index in [4.69, 9.17) is 4.74 Å². The summed E-state index contributed by atoms with van der Waals surface area (Å²) in [5.74, 6) is 0.628. The summed E-state index contributed by atoms with van der Waals surface area (Å²) in [5.41, 5.74) is -0.106. The molecule has 4 heteroatoms. The van der Waals surface area contributed by atoms with E-state index in [-0.39, 0.29) is 23.8 Å². The Bertz CT molecular complexity index is 637. The number of rotatable bonds is 5. The first-order chi connectivity index (χ1) is 11.5. The van der Waals surface area contributed by atoms with Crippen LogP contribution in [0.2, 0.25) is 0 Å². The normalized spacial score (nSPS) is 36.5. The Morgan fingerprint density at radius 2 is 1.75 bits per heavy atom. The molecule has 128 valence electrons. The Kier molecular flexibility index (Phi) is 3.75. The van der Waals surface area contributed by atoms with Gasteiger partial charge in [0, 0.05) is 5.56 Å². The summed E-state index contributed by atoms with van der Waals surface area (Å²) in [6, 6.07) is 8.90. The summed E-state index contributed by atoms with van der Waals surface area (Å²) in [5, 5.41) is 10.7. The van der Waals surface area contributed by atoms with Gasteiger partial charge in [-0.2, -0.15) is 0 Å². The number of carbonyl (C=O) groups is 2. The number of ketones is 1. The second kappa shape index (κ2) is 5.69. The van der Waals surface area contributed by atoms with Gasteiger partial charge in [-0.1, -0.05) is 30.3 Å². The van der Waals surface area contributed by atoms with E-state index in [1.165, 1.54) is 6.42 Å². The molecule has 1 N–H and O–H groups in total. The highest BCUT2D eigenvalue weighted by Gasteiger charge is 2.57. The number of benzene rings is 1. The van der Waals surface area contributed by atoms with Crippen LogP contribution in [0.1, 0.15) is 55.3 Å². The van der Waals surface area contributed by atoms with Crippen LogP contribution in [0.5, 0.6) is 0 Å². The van der Waals surface area contributed by atoms with Crippen LogP contribution in [-0.2, 0) is 9.53 Å². The van der Waals surface area contributed by atoms with Crippen molar-refractivity contribution in [2.75, 3.05) is 6.61 Å². The summed E-state index contributed by atoms with van der Waals surface area (Å²) >= 11 is 0. The van der Waals surface area contributed by atoms with Crippen molar-refractivity contribution in [3.05, 3.63) is 35.9 Å². The number of hydrogen-bond acceptors (Lipinski definition) is 4. The fraction of sp³-hybridized carbons (Fsp3) is 0.600. The van der Waals surface area contributed by atoms with Gasteiger partial charge in [-0.05, 0) is 55.8 Å². The van der Waals surface area contributed by atoms with Crippen molar-refractivity contribution in [1.29, 1.82) is 0 Å². The lowest BCUT2D eigenvalue weighted by Crippen LogP contribution is -2.56. The minimum atomic E-state index is -0.565. The minimum Gasteiger partial charge on any atom is -0.457 e. The first-order valence-electron chi connectivity index (χ1n) is 8.92. The quantitative estimate of drug-likeness (QED) is 0.666. The van der Waals surface area contributed by atoms with E-state index in [1.54, 1.807) is 24.3 Å². The highest BCUT2D eigenvalue weighted by molar-refractivity contribution is 5.97. The molecule has 0 spiro atoms. The number of Topliss-reactive ketones (excluding diaryl/α,β-unsaturated/α-hetero) is 1. The number of hydrogen-bond donors (Lipinski definition) is 1. The van der Waals surface area contributed by atoms with Crippen molar-refractivity contribution in [2.45, 2.75) is 50.5 Å². The first kappa shape index (κ1) is 15.8. The van der Waals surface area contributed by atoms with Gasteiger partial charge in [0.05, 0.1) is 12.0 Å². The maximum absolute atomic E-state index is 12.3. The van der Waals surface area contributed by atoms with Crippen molar-refractivity contribution in [1.82, 2.24) is 0 Å². The molecular formula is C20H24O4. The third-order valence-corrected chi connectivity index (χ3v) is 6.13. The highest BCUT2D eigenvalue weighted by Crippen LogP contribution is 2.62. The third-order valence-electron chi connectivity index (χ3n) is 6.13. The molecule has 2 unspecified atom stereocenters. The average Bonchev–Trinajstić information content (AvgIpc) is 2.50. The molecule has 4 bridgehead atoms. The van der Waals surface area contributed by atoms with Crippen LogP contribution in [0.4, 0.5) is 0 Å². The van der Waals surface area contributed by atoms with E-state index in [0.717, 1.165) is 25.7 Å². The Hall–Kier alpha value is -1.68. The molecule has 0 heterocycles. The molecule has 5 rings (SSSR count). The third kappa shape index (κ3) is 3.00. The fourth-order valence-electron chi connectivity index (χ4n) is 5.82. The first-order valence-corrected chi connectivity index (χ1v) is 8.92. The van der Waals surface area contributed by atoms with Crippen LogP contribution in [0.25, 0.3) is 0 Å². The van der Waals surface area contributed by atoms with Gasteiger partial charge in [-0.15, -0.1) is 0 Å². The maximum Gasteiger partial charge on any atom is 0.306 e. The zero-order chi connectivity index (χ0) is 16.8. The molecule has 0 aliphatic heterocycles. The van der Waals surface area contributed by atoms with Gasteiger partial charge in [0.2, 0.25) is 0 Å². The summed E-state index contributed by atoms with van der Waals surface area (Å²) < 4.78 is 5.26. The number of aliphatic hydroxyl groups is 1. The largest absolute Gasteiger partial charge is 0.457 e. The molecule has 0 radical (unpaired) electrons. The van der Waals surface area contributed by atoms with Crippen molar-refractivity contribution in [3.63, 3.8) is 0 Å². The van der Waals surface area contributed by atoms with Gasteiger partial charge in [0.1, 0.15) is 0 Å². The number of ether oxygens (including phenoxy) is 1. The van der Waals surface area contributed by atoms with Crippen LogP contribution >= 0.6 is 0 Å². The second-order valence-corrected chi connectivity index (χ2v) is 8.31. The van der Waals surface area contributed by atoms with Crippen molar-refractivity contribution in [3.8, 4) is 0 Å². The molecular weight excluding hydrogens is 304 g/mol. The zero-order valence-corrected chi connectivity index (χ0v) is 13.9. The van der Waals surface area contributed by atoms with E-state index < -0.39 is 5.60 Å². The van der Waals surface area contributed by atoms with Crippen molar-refractivity contribution >= 4 is 11.8 Å². The predicted octanol–water partition coefficient (Wildman–Crippen LogP) is 3.13. The van der Waals surface area contributed by atoms with Gasteiger partial charge in [-0.3, -0.25) is 9.59 Å². The number of esters is 1. The zero-order valence-electron chi connectivity index (χ0n) is 13.9. The SMILES string of the molecule is O=C(CC12C[C@@H]3C[C@@H](CC(O)(C3)C1)C2)OCC(=O)c1ccccc1. The maximum atomic E-state index is 12.3. The van der Waals surface area contributed by atoms with E-state index in [2.05, 4.69) is 0 Å². The lowest BCUT2D eigenvalue weighted by atomic mass is 9.47. The summed E-state index contributed by atoms with van der Waals surface area (Å²) in [7, 11) is 0. The molecule has 0 saturated heterocycles. The topological polar surface area (TPSA) is 63.6 Å². The fourth-order valence-corrected chi connectivity index (χ4v) is 5.82. The van der Waals surface area contributed by atoms with Crippen LogP contribution in [0.3, 0.4) is 0 Å². The molecule has 1 aromatic carbocycles. The van der Waals surface area contributed by atoms with Crippen molar-refractivity contribution < 1.29 is 19.4 Å². The minimum absolute atomic E-state index is 0.105. The van der Waals surface area contributed by atoms with Gasteiger partial charge < -0.3 is 9.84 Å². The molecule has 4 saturated carbocycles. The van der Waals surface area contributed by atoms with E-state index in [1.807, 2.05) is 6.07 Å². The van der Waals surface area contributed by atoms with E-state index in [9.17, 15) is 14.7 Å². The molecule has 4 atom stereocenters. The Labute approximate surface area is 142 Å². The second-order valence-electron chi connectivity index (χ2n) is 8.31. The molecule has 24 heavy (non-hydrogen) atoms. The standard InChI is InChI=1S/C20H24O4/c21-17(16-4-2-1-3-5-16)12-24-18(22)11-19-7-14-6-15(8-19)10-20(23,9-14)13-19/h1-5,14-15,23H,6-13H2/t14-,15+,19?,20?. The molecule has 4 fully saturated rings. The average molecular weight is 328 g/mol. The Morgan fingerprint density at radius 1 is 1.08 bits per heavy atom. The molecule has 4 aliphatic rings. The van der Waals surface area contributed by atoms with Gasteiger partial charge in [-0.25, -0.2) is 0 Å². The summed E-state index contributed by atoms with van der Waals surface area (Å²) in [6.07, 6.45) is 6.09. The lowest BCUT2D eigenvalue weighted by Gasteiger charge is -2.60. The molecule has 0 aromatic heterocycles. The highest BCUT2D eigenvalue weighted by atomic mass is 16.5. The Morgan fingerprint density at radius 3 is 2.38 bits per heavy atom. The van der Waals surface area contributed by atoms with E-state index >= 15 is 0 Å². The van der Waals surface area contributed by atoms with Gasteiger partial charge in [0.25, 0.3) is 0 Å². The molecule has 4 aliphatic carbocycles. The summed E-state index contributed by atoms with van der Waals surface area (Å²) in [6.45, 7) is -0.198. The molecule has 1 aromatic rings. The van der Waals surface area contributed by atoms with Crippen LogP contribution in [0, 0.1) is 17.3 Å². The van der Waals surface area contributed by atoms with E-state index in [0.29, 0.717) is 30.2 Å². The number of carbonyl (C=O) groups excluding carboxylic acids is 2. The monoisotopic (exact) mass is 328 g/mol. The smallest absolute Gasteiger partial charge is 0.306 e. The van der Waals surface area contributed by atoms with Gasteiger partial charge >= 0.3 is 5.97 Å². The van der Waals surface area contributed by atoms with Crippen LogP contribution in [0.15, 0.2) is 30.3 Å². The predicted molar refractivity (Wildman–Crippen MR) is 88.4 cm³/mol. The Balaban J connectivity index is 1.36. The van der Waals surface area contributed by atoms with Crippen LogP contribution < -0.4 is 0 Å². The summed E-state index contributed by atoms with van der Waals surface area (Å²) in [4.78, 5) is 24.4. The van der Waals surface area contributed by atoms with Crippen molar-refractivity contribution in [2.24, 2.45) is 17.3 Å². The lowest BCUT2D eigenvalue weighted by molar-refractivity contribution is -0.176.